The molecule has 3 rings (SSSR count). The number of hydrogen-bond donors (Lipinski definition) is 2. The van der Waals surface area contributed by atoms with Crippen molar-refractivity contribution in [1.29, 1.82) is 0 Å². The van der Waals surface area contributed by atoms with E-state index < -0.39 is 10.0 Å². The summed E-state index contributed by atoms with van der Waals surface area (Å²) in [6.07, 6.45) is 0.229. The summed E-state index contributed by atoms with van der Waals surface area (Å²) in [7, 11) is -3.55. The molecule has 0 unspecified atom stereocenters. The molecule has 2 aliphatic heterocycles. The number of sulfonamides is 1. The summed E-state index contributed by atoms with van der Waals surface area (Å²) in [4.78, 5) is 13.7. The molecule has 2 heterocycles. The van der Waals surface area contributed by atoms with E-state index in [2.05, 4.69) is 14.9 Å². The molecule has 1 fully saturated rings. The molecule has 0 aliphatic carbocycles. The highest BCUT2D eigenvalue weighted by Crippen LogP contribution is 2.25. The van der Waals surface area contributed by atoms with Crippen LogP contribution in [0.3, 0.4) is 0 Å². The Bertz CT molecular complexity index is 669. The Morgan fingerprint density at radius 3 is 2.82 bits per heavy atom. The van der Waals surface area contributed by atoms with Crippen LogP contribution >= 0.6 is 0 Å². The maximum absolute atomic E-state index is 12.3. The van der Waals surface area contributed by atoms with Gasteiger partial charge in [-0.15, -0.1) is 0 Å². The van der Waals surface area contributed by atoms with Crippen LogP contribution in [0.25, 0.3) is 0 Å². The second-order valence-corrected chi connectivity index (χ2v) is 7.16. The first kappa shape index (κ1) is 15.4. The first-order chi connectivity index (χ1) is 10.5. The van der Waals surface area contributed by atoms with Gasteiger partial charge in [0, 0.05) is 31.9 Å². The lowest BCUT2D eigenvalue weighted by atomic mass is 10.2. The Kier molecular flexibility index (Phi) is 4.44. The molecule has 2 aliphatic rings. The summed E-state index contributed by atoms with van der Waals surface area (Å²) in [6.45, 7) is 4.06. The lowest BCUT2D eigenvalue weighted by Gasteiger charge is -2.26. The van der Waals surface area contributed by atoms with Gasteiger partial charge < -0.3 is 10.1 Å². The molecular formula is C14H19N3O4S. The van der Waals surface area contributed by atoms with E-state index in [1.165, 1.54) is 6.07 Å². The number of hydrogen-bond acceptors (Lipinski definition) is 5. The van der Waals surface area contributed by atoms with E-state index in [-0.39, 0.29) is 17.2 Å². The molecule has 8 heteroatoms. The van der Waals surface area contributed by atoms with Gasteiger partial charge in [-0.2, -0.15) is 0 Å². The predicted molar refractivity (Wildman–Crippen MR) is 81.2 cm³/mol. The third kappa shape index (κ3) is 3.46. The number of anilines is 1. The van der Waals surface area contributed by atoms with Crippen LogP contribution in [0.2, 0.25) is 0 Å². The second kappa shape index (κ2) is 6.33. The highest BCUT2D eigenvalue weighted by molar-refractivity contribution is 7.89. The van der Waals surface area contributed by atoms with Crippen molar-refractivity contribution in [1.82, 2.24) is 9.62 Å². The van der Waals surface area contributed by atoms with Gasteiger partial charge in [-0.05, 0) is 23.8 Å². The molecule has 7 nitrogen and oxygen atoms in total. The van der Waals surface area contributed by atoms with Crippen LogP contribution in [0.4, 0.5) is 5.69 Å². The summed E-state index contributed by atoms with van der Waals surface area (Å²) in [5.41, 5.74) is 1.42. The van der Waals surface area contributed by atoms with Crippen molar-refractivity contribution in [3.63, 3.8) is 0 Å². The van der Waals surface area contributed by atoms with E-state index in [9.17, 15) is 13.2 Å². The Balaban J connectivity index is 1.61. The first-order valence-corrected chi connectivity index (χ1v) is 8.75. The maximum atomic E-state index is 12.3. The maximum Gasteiger partial charge on any atom is 0.240 e. The second-order valence-electron chi connectivity index (χ2n) is 5.40. The number of nitrogens with zero attached hydrogens (tertiary/aromatic N) is 1. The number of carbonyl (C=O) groups excluding carboxylic acids is 1. The smallest absolute Gasteiger partial charge is 0.240 e. The van der Waals surface area contributed by atoms with Crippen LogP contribution in [-0.2, 0) is 26.0 Å². The van der Waals surface area contributed by atoms with Crippen molar-refractivity contribution < 1.29 is 17.9 Å². The average molecular weight is 325 g/mol. The summed E-state index contributed by atoms with van der Waals surface area (Å²) >= 11 is 0. The van der Waals surface area contributed by atoms with Gasteiger partial charge in [0.15, 0.2) is 0 Å². The van der Waals surface area contributed by atoms with Crippen LogP contribution in [0.15, 0.2) is 23.1 Å². The molecule has 0 saturated carbocycles. The van der Waals surface area contributed by atoms with E-state index >= 15 is 0 Å². The number of carbonyl (C=O) groups is 1. The fourth-order valence-corrected chi connectivity index (χ4v) is 3.69. The molecular weight excluding hydrogens is 306 g/mol. The Morgan fingerprint density at radius 1 is 1.27 bits per heavy atom. The molecule has 1 saturated heterocycles. The van der Waals surface area contributed by atoms with Crippen molar-refractivity contribution in [3.05, 3.63) is 23.8 Å². The predicted octanol–water partition coefficient (Wildman–Crippen LogP) is -0.208. The third-order valence-electron chi connectivity index (χ3n) is 3.84. The van der Waals surface area contributed by atoms with Gasteiger partial charge in [0.1, 0.15) is 0 Å². The van der Waals surface area contributed by atoms with Gasteiger partial charge in [-0.1, -0.05) is 0 Å². The SMILES string of the molecule is O=C1Cc2cc(S(=O)(=O)NCCN3CCOCC3)ccc2N1. The van der Waals surface area contributed by atoms with Gasteiger partial charge in [-0.3, -0.25) is 9.69 Å². The summed E-state index contributed by atoms with van der Waals surface area (Å²) < 4.78 is 32.5. The molecule has 0 spiro atoms. The van der Waals surface area contributed by atoms with E-state index in [0.29, 0.717) is 32.0 Å². The largest absolute Gasteiger partial charge is 0.379 e. The van der Waals surface area contributed by atoms with Crippen molar-refractivity contribution in [2.75, 3.05) is 44.7 Å². The molecule has 120 valence electrons. The standard InChI is InChI=1S/C14H19N3O4S/c18-14-10-11-9-12(1-2-13(11)16-14)22(19,20)15-3-4-17-5-7-21-8-6-17/h1-2,9,15H,3-8,10H2,(H,16,18). The van der Waals surface area contributed by atoms with Gasteiger partial charge >= 0.3 is 0 Å². The molecule has 1 aromatic carbocycles. The molecule has 0 atom stereocenters. The Morgan fingerprint density at radius 2 is 2.05 bits per heavy atom. The zero-order valence-corrected chi connectivity index (χ0v) is 13.0. The van der Waals surface area contributed by atoms with Gasteiger partial charge in [-0.25, -0.2) is 13.1 Å². The normalized spacial score (nSPS) is 19.0. The van der Waals surface area contributed by atoms with Crippen molar-refractivity contribution in [2.45, 2.75) is 11.3 Å². The van der Waals surface area contributed by atoms with Gasteiger partial charge in [0.2, 0.25) is 15.9 Å². The monoisotopic (exact) mass is 325 g/mol. The number of benzene rings is 1. The van der Waals surface area contributed by atoms with Crippen molar-refractivity contribution in [3.8, 4) is 0 Å². The van der Waals surface area contributed by atoms with Crippen molar-refractivity contribution >= 4 is 21.6 Å². The number of morpholine rings is 1. The molecule has 1 aromatic rings. The minimum atomic E-state index is -3.55. The van der Waals surface area contributed by atoms with E-state index in [1.807, 2.05) is 0 Å². The number of nitrogens with one attached hydrogen (secondary N) is 2. The number of ether oxygens (including phenoxy) is 1. The van der Waals surface area contributed by atoms with Crippen LogP contribution < -0.4 is 10.0 Å². The summed E-state index contributed by atoms with van der Waals surface area (Å²) in [6, 6.07) is 4.71. The molecule has 0 aromatic heterocycles. The molecule has 0 radical (unpaired) electrons. The fourth-order valence-electron chi connectivity index (χ4n) is 2.62. The first-order valence-electron chi connectivity index (χ1n) is 7.27. The highest BCUT2D eigenvalue weighted by Gasteiger charge is 2.21. The minimum Gasteiger partial charge on any atom is -0.379 e. The fraction of sp³-hybridized carbons (Fsp3) is 0.500. The average Bonchev–Trinajstić information content (AvgIpc) is 2.87. The summed E-state index contributed by atoms with van der Waals surface area (Å²) in [5, 5.41) is 2.69. The van der Waals surface area contributed by atoms with Crippen LogP contribution in [-0.4, -0.2) is 58.6 Å². The highest BCUT2D eigenvalue weighted by atomic mass is 32.2. The van der Waals surface area contributed by atoms with E-state index in [4.69, 9.17) is 4.74 Å². The van der Waals surface area contributed by atoms with Gasteiger partial charge in [0.05, 0.1) is 24.5 Å². The quantitative estimate of drug-likeness (QED) is 0.782. The minimum absolute atomic E-state index is 0.107. The van der Waals surface area contributed by atoms with Crippen LogP contribution in [0, 0.1) is 0 Å². The van der Waals surface area contributed by atoms with E-state index in [0.717, 1.165) is 18.7 Å². The zero-order chi connectivity index (χ0) is 15.6. The number of amides is 1. The third-order valence-corrected chi connectivity index (χ3v) is 5.29. The van der Waals surface area contributed by atoms with Crippen molar-refractivity contribution in [2.24, 2.45) is 0 Å². The molecule has 2 N–H and O–H groups in total. The van der Waals surface area contributed by atoms with Crippen LogP contribution in [0.5, 0.6) is 0 Å². The summed E-state index contributed by atoms with van der Waals surface area (Å²) in [5.74, 6) is -0.107. The zero-order valence-electron chi connectivity index (χ0n) is 12.2. The number of rotatable bonds is 5. The topological polar surface area (TPSA) is 87.7 Å². The van der Waals surface area contributed by atoms with Gasteiger partial charge in [0.25, 0.3) is 0 Å². The lowest BCUT2D eigenvalue weighted by Crippen LogP contribution is -2.41. The van der Waals surface area contributed by atoms with E-state index in [1.54, 1.807) is 12.1 Å². The molecule has 22 heavy (non-hydrogen) atoms. The number of fused-ring (bicyclic) bond motifs is 1. The Hall–Kier alpha value is -1.48. The van der Waals surface area contributed by atoms with Crippen LogP contribution in [0.1, 0.15) is 5.56 Å². The molecule has 0 bridgehead atoms. The Labute approximate surface area is 129 Å². The lowest BCUT2D eigenvalue weighted by molar-refractivity contribution is -0.115. The molecule has 1 amide bonds.